The number of halogens is 2. The minimum Gasteiger partial charge on any atom is -0.375 e. The van der Waals surface area contributed by atoms with E-state index >= 15 is 0 Å². The van der Waals surface area contributed by atoms with Crippen molar-refractivity contribution in [2.75, 3.05) is 26.2 Å². The third-order valence-electron chi connectivity index (χ3n) is 2.58. The lowest BCUT2D eigenvalue weighted by molar-refractivity contribution is 0.0720. The highest BCUT2D eigenvalue weighted by Crippen LogP contribution is 2.24. The zero-order chi connectivity index (χ0) is 13.4. The molecule has 0 aliphatic rings. The molecule has 1 rings (SSSR count). The van der Waals surface area contributed by atoms with Crippen molar-refractivity contribution in [2.45, 2.75) is 23.5 Å². The van der Waals surface area contributed by atoms with Crippen LogP contribution in [0.1, 0.15) is 18.1 Å². The number of ether oxygens (including phenoxy) is 1. The average molecular weight is 275 g/mol. The van der Waals surface area contributed by atoms with Crippen molar-refractivity contribution in [1.29, 1.82) is 0 Å². The van der Waals surface area contributed by atoms with Crippen LogP contribution in [0.2, 0.25) is 0 Å². The maximum Gasteiger partial charge on any atom is 0.107 e. The summed E-state index contributed by atoms with van der Waals surface area (Å²) in [6.45, 7) is -0.909. The van der Waals surface area contributed by atoms with Crippen molar-refractivity contribution in [3.63, 3.8) is 0 Å². The van der Waals surface area contributed by atoms with Crippen molar-refractivity contribution in [1.82, 2.24) is 0 Å². The Morgan fingerprint density at radius 1 is 1.28 bits per heavy atom. The number of alkyl halides is 2. The van der Waals surface area contributed by atoms with Crippen LogP contribution in [0.5, 0.6) is 0 Å². The molecule has 0 saturated carbocycles. The van der Waals surface area contributed by atoms with Crippen molar-refractivity contribution >= 4 is 11.8 Å². The minimum atomic E-state index is -0.653. The van der Waals surface area contributed by atoms with E-state index in [4.69, 9.17) is 10.5 Å². The van der Waals surface area contributed by atoms with Crippen LogP contribution in [0.4, 0.5) is 8.78 Å². The second-order valence-electron chi connectivity index (χ2n) is 3.93. The van der Waals surface area contributed by atoms with E-state index < -0.39 is 18.8 Å². The van der Waals surface area contributed by atoms with Crippen LogP contribution in [-0.2, 0) is 4.74 Å². The molecule has 2 nitrogen and oxygen atoms in total. The van der Waals surface area contributed by atoms with E-state index in [1.807, 2.05) is 24.3 Å². The first-order chi connectivity index (χ1) is 8.72. The van der Waals surface area contributed by atoms with Gasteiger partial charge in [-0.05, 0) is 24.1 Å². The number of rotatable bonds is 8. The maximum atomic E-state index is 12.5. The standard InChI is InChI=1S/C13H19F2NOS/c1-17-13(12(16)9-15)10-3-5-11(6-4-10)18-8-2-7-14/h3-6,12-13H,2,7-9,16H2,1H3/t12-,13-/m1/s1. The molecule has 5 heteroatoms. The number of methoxy groups -OCH3 is 1. The molecule has 0 aliphatic carbocycles. The van der Waals surface area contributed by atoms with Gasteiger partial charge in [-0.2, -0.15) is 0 Å². The van der Waals surface area contributed by atoms with Gasteiger partial charge in [0.2, 0.25) is 0 Å². The van der Waals surface area contributed by atoms with E-state index in [-0.39, 0.29) is 6.67 Å². The van der Waals surface area contributed by atoms with Gasteiger partial charge in [-0.3, -0.25) is 4.39 Å². The molecule has 0 heterocycles. The summed E-state index contributed by atoms with van der Waals surface area (Å²) in [4.78, 5) is 1.07. The summed E-state index contributed by atoms with van der Waals surface area (Å²) < 4.78 is 29.7. The molecule has 0 saturated heterocycles. The molecule has 102 valence electrons. The second-order valence-corrected chi connectivity index (χ2v) is 5.10. The van der Waals surface area contributed by atoms with E-state index in [0.717, 1.165) is 16.2 Å². The predicted molar refractivity (Wildman–Crippen MR) is 71.5 cm³/mol. The summed E-state index contributed by atoms with van der Waals surface area (Å²) in [7, 11) is 1.52. The Hall–Kier alpha value is -0.650. The molecule has 0 fully saturated rings. The Balaban J connectivity index is 2.63. The molecule has 0 amide bonds. The summed E-state index contributed by atoms with van der Waals surface area (Å²) in [5.74, 6) is 0.757. The van der Waals surface area contributed by atoms with Crippen molar-refractivity contribution in [3.8, 4) is 0 Å². The fraction of sp³-hybridized carbons (Fsp3) is 0.538. The number of benzene rings is 1. The third kappa shape index (κ3) is 4.55. The first-order valence-corrected chi connectivity index (χ1v) is 6.84. The van der Waals surface area contributed by atoms with Gasteiger partial charge in [0.1, 0.15) is 6.67 Å². The Kier molecular flexibility index (Phi) is 7.23. The van der Waals surface area contributed by atoms with Crippen molar-refractivity contribution < 1.29 is 13.5 Å². The predicted octanol–water partition coefficient (Wildman–Crippen LogP) is 3.12. The van der Waals surface area contributed by atoms with E-state index in [9.17, 15) is 8.78 Å². The Bertz CT molecular complexity index is 334. The van der Waals surface area contributed by atoms with Gasteiger partial charge in [0.15, 0.2) is 0 Å². The maximum absolute atomic E-state index is 12.5. The Morgan fingerprint density at radius 3 is 2.44 bits per heavy atom. The van der Waals surface area contributed by atoms with Crippen LogP contribution < -0.4 is 5.73 Å². The van der Waals surface area contributed by atoms with Crippen LogP contribution in [0.3, 0.4) is 0 Å². The van der Waals surface area contributed by atoms with Crippen LogP contribution in [0.25, 0.3) is 0 Å². The van der Waals surface area contributed by atoms with Gasteiger partial charge in [0, 0.05) is 17.8 Å². The lowest BCUT2D eigenvalue weighted by Crippen LogP contribution is -2.31. The van der Waals surface area contributed by atoms with E-state index in [0.29, 0.717) is 6.42 Å². The Morgan fingerprint density at radius 2 is 1.94 bits per heavy atom. The van der Waals surface area contributed by atoms with E-state index in [1.54, 1.807) is 11.8 Å². The first-order valence-electron chi connectivity index (χ1n) is 5.86. The van der Waals surface area contributed by atoms with Crippen molar-refractivity contribution in [3.05, 3.63) is 29.8 Å². The minimum absolute atomic E-state index is 0.289. The molecule has 0 unspecified atom stereocenters. The first kappa shape index (κ1) is 15.4. The molecule has 2 N–H and O–H groups in total. The van der Waals surface area contributed by atoms with Crippen LogP contribution in [-0.4, -0.2) is 32.3 Å². The van der Waals surface area contributed by atoms with Crippen LogP contribution >= 0.6 is 11.8 Å². The molecule has 0 aromatic heterocycles. The van der Waals surface area contributed by atoms with Gasteiger partial charge in [-0.1, -0.05) is 12.1 Å². The zero-order valence-electron chi connectivity index (χ0n) is 10.4. The summed E-state index contributed by atoms with van der Waals surface area (Å²) in [6, 6.07) is 6.95. The second kappa shape index (κ2) is 8.45. The lowest BCUT2D eigenvalue weighted by atomic mass is 10.0. The van der Waals surface area contributed by atoms with Crippen molar-refractivity contribution in [2.24, 2.45) is 5.73 Å². The van der Waals surface area contributed by atoms with Gasteiger partial charge in [-0.25, -0.2) is 4.39 Å². The monoisotopic (exact) mass is 275 g/mol. The molecular weight excluding hydrogens is 256 g/mol. The third-order valence-corrected chi connectivity index (χ3v) is 3.67. The highest BCUT2D eigenvalue weighted by atomic mass is 32.2. The highest BCUT2D eigenvalue weighted by Gasteiger charge is 2.18. The van der Waals surface area contributed by atoms with Gasteiger partial charge in [0.25, 0.3) is 0 Å². The molecule has 0 bridgehead atoms. The largest absolute Gasteiger partial charge is 0.375 e. The van der Waals surface area contributed by atoms with Gasteiger partial charge in [0.05, 0.1) is 18.8 Å². The number of hydrogen-bond donors (Lipinski definition) is 1. The quantitative estimate of drug-likeness (QED) is 0.585. The van der Waals surface area contributed by atoms with Crippen LogP contribution in [0, 0.1) is 0 Å². The molecular formula is C13H19F2NOS. The number of hydrogen-bond acceptors (Lipinski definition) is 3. The molecule has 1 aromatic carbocycles. The van der Waals surface area contributed by atoms with Gasteiger partial charge >= 0.3 is 0 Å². The summed E-state index contributed by atoms with van der Waals surface area (Å²) in [5.41, 5.74) is 6.51. The summed E-state index contributed by atoms with van der Waals surface area (Å²) in [6.07, 6.45) is 0.125. The molecule has 0 aliphatic heterocycles. The van der Waals surface area contributed by atoms with E-state index in [1.165, 1.54) is 7.11 Å². The SMILES string of the molecule is CO[C@H](c1ccc(SCCCF)cc1)[C@H](N)CF. The zero-order valence-corrected chi connectivity index (χ0v) is 11.3. The number of thioether (sulfide) groups is 1. The summed E-state index contributed by atoms with van der Waals surface area (Å²) >= 11 is 1.60. The Labute approximate surface area is 111 Å². The molecule has 18 heavy (non-hydrogen) atoms. The molecule has 0 spiro atoms. The van der Waals surface area contributed by atoms with E-state index in [2.05, 4.69) is 0 Å². The van der Waals surface area contributed by atoms with Gasteiger partial charge in [-0.15, -0.1) is 11.8 Å². The summed E-state index contributed by atoms with van der Waals surface area (Å²) in [5, 5.41) is 0. The average Bonchev–Trinajstić information content (AvgIpc) is 2.41. The molecule has 0 radical (unpaired) electrons. The fourth-order valence-electron chi connectivity index (χ4n) is 1.64. The molecule has 2 atom stereocenters. The van der Waals surface area contributed by atoms with Crippen LogP contribution in [0.15, 0.2) is 29.2 Å². The number of nitrogens with two attached hydrogens (primary N) is 1. The lowest BCUT2D eigenvalue weighted by Gasteiger charge is -2.20. The molecule has 1 aromatic rings. The smallest absolute Gasteiger partial charge is 0.107 e. The topological polar surface area (TPSA) is 35.2 Å². The highest BCUT2D eigenvalue weighted by molar-refractivity contribution is 7.99. The normalized spacial score (nSPS) is 14.4. The fourth-order valence-corrected chi connectivity index (χ4v) is 2.45. The van der Waals surface area contributed by atoms with Gasteiger partial charge < -0.3 is 10.5 Å².